The van der Waals surface area contributed by atoms with E-state index in [9.17, 15) is 14.0 Å². The Kier molecular flexibility index (Phi) is 9.42. The molecule has 2 atom stereocenters. The molecule has 244 valence electrons. The Hall–Kier alpha value is -4.02. The van der Waals surface area contributed by atoms with Crippen LogP contribution in [0.5, 0.6) is 11.6 Å². The first-order chi connectivity index (χ1) is 21.7. The van der Waals surface area contributed by atoms with Crippen molar-refractivity contribution in [3.05, 3.63) is 81.2 Å². The maximum Gasteiger partial charge on any atom is 0.410 e. The molecule has 1 aliphatic rings. The maximum atomic E-state index is 14.8. The average Bonchev–Trinajstić information content (AvgIpc) is 3.61. The molecule has 0 radical (unpaired) electrons. The summed E-state index contributed by atoms with van der Waals surface area (Å²) in [6, 6.07) is 12.6. The number of amides is 2. The largest absolute Gasteiger partial charge is 0.489 e. The zero-order valence-electron chi connectivity index (χ0n) is 26.9. The Morgan fingerprint density at radius 2 is 1.91 bits per heavy atom. The molecule has 0 saturated heterocycles. The lowest BCUT2D eigenvalue weighted by molar-refractivity contribution is 0.0217. The van der Waals surface area contributed by atoms with Crippen LogP contribution in [-0.2, 0) is 4.74 Å². The van der Waals surface area contributed by atoms with E-state index in [1.165, 1.54) is 18.1 Å². The van der Waals surface area contributed by atoms with Gasteiger partial charge in [-0.3, -0.25) is 9.20 Å². The van der Waals surface area contributed by atoms with Crippen molar-refractivity contribution in [2.45, 2.75) is 58.7 Å². The topological polar surface area (TPSA) is 85.6 Å². The normalized spacial score (nSPS) is 14.9. The minimum absolute atomic E-state index is 0.138. The summed E-state index contributed by atoms with van der Waals surface area (Å²) in [6.07, 6.45) is -0.0497. The van der Waals surface area contributed by atoms with Gasteiger partial charge >= 0.3 is 6.09 Å². The Morgan fingerprint density at radius 1 is 1.17 bits per heavy atom. The molecule has 46 heavy (non-hydrogen) atoms. The Labute approximate surface area is 277 Å². The number of methoxy groups -OCH3 is 1. The van der Waals surface area contributed by atoms with Gasteiger partial charge in [-0.25, -0.2) is 14.2 Å². The van der Waals surface area contributed by atoms with Gasteiger partial charge in [0.25, 0.3) is 5.91 Å². The first kappa shape index (κ1) is 33.3. The van der Waals surface area contributed by atoms with Crippen LogP contribution in [0.4, 0.5) is 9.18 Å². The molecule has 1 aliphatic heterocycles. The molecule has 0 fully saturated rings. The predicted molar refractivity (Wildman–Crippen MR) is 176 cm³/mol. The summed E-state index contributed by atoms with van der Waals surface area (Å²) in [5, 5.41) is 0.611. The summed E-state index contributed by atoms with van der Waals surface area (Å²) >= 11 is 12.8. The fourth-order valence-corrected chi connectivity index (χ4v) is 5.84. The molecular formula is C34H37Cl2FN4O5. The zero-order chi connectivity index (χ0) is 33.5. The highest BCUT2D eigenvalue weighted by Crippen LogP contribution is 2.45. The van der Waals surface area contributed by atoms with Gasteiger partial charge in [-0.2, -0.15) is 0 Å². The van der Waals surface area contributed by atoms with Crippen LogP contribution in [0, 0.1) is 12.7 Å². The fraction of sp³-hybridized carbons (Fsp3) is 0.382. The van der Waals surface area contributed by atoms with Crippen molar-refractivity contribution in [2.75, 3.05) is 27.3 Å². The molecule has 0 N–H and O–H groups in total. The third-order valence-electron chi connectivity index (χ3n) is 8.04. The lowest BCUT2D eigenvalue weighted by Gasteiger charge is -2.32. The van der Waals surface area contributed by atoms with E-state index in [1.54, 1.807) is 65.7 Å². The van der Waals surface area contributed by atoms with Crippen LogP contribution in [0.15, 0.2) is 48.5 Å². The van der Waals surface area contributed by atoms with Gasteiger partial charge in [-0.05, 0) is 83.0 Å². The number of benzene rings is 2. The molecule has 2 amide bonds. The number of pyridine rings is 1. The minimum Gasteiger partial charge on any atom is -0.489 e. The van der Waals surface area contributed by atoms with Gasteiger partial charge < -0.3 is 24.0 Å². The van der Waals surface area contributed by atoms with E-state index in [2.05, 4.69) is 0 Å². The molecule has 2 unspecified atom stereocenters. The monoisotopic (exact) mass is 670 g/mol. The van der Waals surface area contributed by atoms with Crippen LogP contribution in [-0.4, -0.2) is 70.1 Å². The number of nitrogens with zero attached hydrogens (tertiary/aromatic N) is 4. The average molecular weight is 672 g/mol. The Balaban J connectivity index is 1.60. The lowest BCUT2D eigenvalue weighted by Crippen LogP contribution is -2.43. The van der Waals surface area contributed by atoms with E-state index in [1.807, 2.05) is 27.7 Å². The predicted octanol–water partition coefficient (Wildman–Crippen LogP) is 7.99. The standard InChI is InChI=1S/C34H37Cl2FN4O5/c1-19-17-21(11-14-24(19)37)30-29(38-26-9-8-10-27(44-7)41(26)30)32(42)40(16-15-20(2)39(6)33(43)46-34(3,4)5)25-18-45-31-22(25)12-13-23(35)28(31)36/h8-14,17,20,25H,15-16,18H2,1-7H3. The van der Waals surface area contributed by atoms with Gasteiger partial charge in [0, 0.05) is 30.8 Å². The molecule has 4 aromatic rings. The number of halogens is 3. The molecule has 0 saturated carbocycles. The van der Waals surface area contributed by atoms with Crippen LogP contribution in [0.3, 0.4) is 0 Å². The number of aryl methyl sites for hydroxylation is 1. The van der Waals surface area contributed by atoms with Crippen LogP contribution >= 0.6 is 23.2 Å². The van der Waals surface area contributed by atoms with Gasteiger partial charge in [0.05, 0.1) is 23.9 Å². The summed E-state index contributed by atoms with van der Waals surface area (Å²) in [5.74, 6) is 0.123. The molecule has 0 spiro atoms. The molecule has 0 aliphatic carbocycles. The van der Waals surface area contributed by atoms with E-state index in [0.29, 0.717) is 51.1 Å². The minimum atomic E-state index is -0.655. The summed E-state index contributed by atoms with van der Waals surface area (Å²) in [5.41, 5.74) is 2.15. The first-order valence-electron chi connectivity index (χ1n) is 14.9. The van der Waals surface area contributed by atoms with Crippen molar-refractivity contribution < 1.29 is 28.2 Å². The molecule has 2 aromatic heterocycles. The van der Waals surface area contributed by atoms with Crippen molar-refractivity contribution >= 4 is 40.8 Å². The van der Waals surface area contributed by atoms with Gasteiger partial charge in [0.2, 0.25) is 0 Å². The second kappa shape index (κ2) is 13.0. The number of rotatable bonds is 8. The van der Waals surface area contributed by atoms with Gasteiger partial charge in [0.15, 0.2) is 11.6 Å². The molecule has 2 aromatic carbocycles. The third-order valence-corrected chi connectivity index (χ3v) is 8.83. The van der Waals surface area contributed by atoms with Crippen LogP contribution in [0.2, 0.25) is 10.0 Å². The van der Waals surface area contributed by atoms with E-state index >= 15 is 0 Å². The van der Waals surface area contributed by atoms with Crippen LogP contribution in [0.1, 0.15) is 61.8 Å². The lowest BCUT2D eigenvalue weighted by atomic mass is 10.0. The number of hydrogen-bond donors (Lipinski definition) is 0. The number of aromatic nitrogens is 2. The van der Waals surface area contributed by atoms with Crippen molar-refractivity contribution in [2.24, 2.45) is 0 Å². The summed E-state index contributed by atoms with van der Waals surface area (Å²) in [4.78, 5) is 35.6. The quantitative estimate of drug-likeness (QED) is 0.189. The second-order valence-electron chi connectivity index (χ2n) is 12.4. The Morgan fingerprint density at radius 3 is 2.59 bits per heavy atom. The number of hydrogen-bond acceptors (Lipinski definition) is 6. The molecular weight excluding hydrogens is 634 g/mol. The van der Waals surface area contributed by atoms with E-state index in [0.717, 1.165) is 0 Å². The van der Waals surface area contributed by atoms with Crippen molar-refractivity contribution in [3.63, 3.8) is 0 Å². The fourth-order valence-electron chi connectivity index (χ4n) is 5.46. The Bertz CT molecular complexity index is 1800. The van der Waals surface area contributed by atoms with Crippen molar-refractivity contribution in [1.29, 1.82) is 0 Å². The van der Waals surface area contributed by atoms with Crippen LogP contribution < -0.4 is 9.47 Å². The molecule has 5 rings (SSSR count). The van der Waals surface area contributed by atoms with Gasteiger partial charge in [-0.1, -0.05) is 35.3 Å². The molecule has 0 bridgehead atoms. The van der Waals surface area contributed by atoms with Gasteiger partial charge in [-0.15, -0.1) is 0 Å². The number of imidazole rings is 1. The zero-order valence-corrected chi connectivity index (χ0v) is 28.4. The van der Waals surface area contributed by atoms with E-state index in [4.69, 9.17) is 42.4 Å². The smallest absolute Gasteiger partial charge is 0.410 e. The summed E-state index contributed by atoms with van der Waals surface area (Å²) in [7, 11) is 3.20. The molecule has 9 nitrogen and oxygen atoms in total. The SMILES string of the molecule is COc1cccc2nc(C(=O)N(CCC(C)N(C)C(=O)OC(C)(C)C)C3COc4c3ccc(Cl)c4Cl)c(-c3ccc(F)c(C)c3)n12. The molecule has 3 heterocycles. The third kappa shape index (κ3) is 6.46. The first-order valence-corrected chi connectivity index (χ1v) is 15.7. The highest BCUT2D eigenvalue weighted by molar-refractivity contribution is 6.43. The number of fused-ring (bicyclic) bond motifs is 2. The summed E-state index contributed by atoms with van der Waals surface area (Å²) < 4.78 is 33.3. The maximum absolute atomic E-state index is 14.8. The number of ether oxygens (including phenoxy) is 3. The van der Waals surface area contributed by atoms with Crippen molar-refractivity contribution in [3.8, 4) is 22.9 Å². The molecule has 12 heteroatoms. The van der Waals surface area contributed by atoms with Crippen LogP contribution in [0.25, 0.3) is 16.9 Å². The second-order valence-corrected chi connectivity index (χ2v) is 13.2. The number of carbonyl (C=O) groups is 2. The van der Waals surface area contributed by atoms with Crippen molar-refractivity contribution in [1.82, 2.24) is 19.2 Å². The van der Waals surface area contributed by atoms with Gasteiger partial charge in [0.1, 0.15) is 34.4 Å². The van der Waals surface area contributed by atoms with E-state index < -0.39 is 17.7 Å². The number of carbonyl (C=O) groups excluding carboxylic acids is 2. The highest BCUT2D eigenvalue weighted by Gasteiger charge is 2.38. The summed E-state index contributed by atoms with van der Waals surface area (Å²) in [6.45, 7) is 9.35. The van der Waals surface area contributed by atoms with E-state index in [-0.39, 0.29) is 41.6 Å². The highest BCUT2D eigenvalue weighted by atomic mass is 35.5.